The fraction of sp³-hybridized carbons (Fsp3) is 0.562. The zero-order chi connectivity index (χ0) is 13.9. The summed E-state index contributed by atoms with van der Waals surface area (Å²) in [5.74, 6) is 0.820. The summed E-state index contributed by atoms with van der Waals surface area (Å²) in [6, 6.07) is 8.15. The van der Waals surface area contributed by atoms with Crippen LogP contribution < -0.4 is 4.74 Å². The first-order valence-corrected chi connectivity index (χ1v) is 7.44. The molecule has 1 aliphatic carbocycles. The van der Waals surface area contributed by atoms with Crippen LogP contribution in [0.5, 0.6) is 5.75 Å². The summed E-state index contributed by atoms with van der Waals surface area (Å²) in [5, 5.41) is 9.03. The third-order valence-corrected chi connectivity index (χ3v) is 4.35. The number of hydrogen-bond acceptors (Lipinski definition) is 3. The van der Waals surface area contributed by atoms with Crippen LogP contribution in [0, 0.1) is 0 Å². The molecular weight excluding hydrogens is 254 g/mol. The Morgan fingerprint density at radius 2 is 2.15 bits per heavy atom. The Labute approximate surface area is 119 Å². The maximum atomic E-state index is 12.8. The van der Waals surface area contributed by atoms with Gasteiger partial charge in [0.05, 0.1) is 0 Å². The van der Waals surface area contributed by atoms with Crippen molar-refractivity contribution < 1.29 is 14.6 Å². The van der Waals surface area contributed by atoms with Crippen molar-refractivity contribution >= 4 is 5.91 Å². The van der Waals surface area contributed by atoms with Crippen LogP contribution in [0.25, 0.3) is 0 Å². The van der Waals surface area contributed by atoms with E-state index in [4.69, 9.17) is 9.84 Å². The number of ether oxygens (including phenoxy) is 1. The number of carbonyl (C=O) groups is 1. The number of rotatable bonds is 5. The third kappa shape index (κ3) is 2.40. The van der Waals surface area contributed by atoms with Gasteiger partial charge >= 0.3 is 0 Å². The fourth-order valence-corrected chi connectivity index (χ4v) is 2.98. The highest BCUT2D eigenvalue weighted by Crippen LogP contribution is 2.36. The maximum absolute atomic E-state index is 12.8. The fourth-order valence-electron chi connectivity index (χ4n) is 2.98. The molecule has 3 rings (SSSR count). The second kappa shape index (κ2) is 5.83. The van der Waals surface area contributed by atoms with Gasteiger partial charge in [-0.2, -0.15) is 0 Å². The van der Waals surface area contributed by atoms with Crippen molar-refractivity contribution in [3.8, 4) is 5.75 Å². The number of fused-ring (bicyclic) bond motifs is 1. The number of aliphatic hydroxyl groups is 1. The Hall–Kier alpha value is -1.55. The molecule has 0 spiro atoms. The molecule has 0 saturated heterocycles. The maximum Gasteiger partial charge on any atom is 0.233 e. The molecule has 1 heterocycles. The summed E-state index contributed by atoms with van der Waals surface area (Å²) in [7, 11) is 0. The minimum atomic E-state index is -0.175. The summed E-state index contributed by atoms with van der Waals surface area (Å²) in [6.07, 6.45) is 4.03. The molecule has 0 radical (unpaired) electrons. The molecule has 1 atom stereocenters. The van der Waals surface area contributed by atoms with Crippen molar-refractivity contribution in [2.45, 2.75) is 37.6 Å². The third-order valence-electron chi connectivity index (χ3n) is 4.35. The number of hydrogen-bond donors (Lipinski definition) is 1. The molecule has 1 N–H and O–H groups in total. The molecule has 1 unspecified atom stereocenters. The van der Waals surface area contributed by atoms with Crippen molar-refractivity contribution in [2.24, 2.45) is 0 Å². The largest absolute Gasteiger partial charge is 0.492 e. The summed E-state index contributed by atoms with van der Waals surface area (Å²) < 4.78 is 5.62. The van der Waals surface area contributed by atoms with E-state index in [1.54, 1.807) is 0 Å². The van der Waals surface area contributed by atoms with Crippen LogP contribution in [0.2, 0.25) is 0 Å². The highest BCUT2D eigenvalue weighted by molar-refractivity contribution is 5.86. The molecule has 1 aliphatic heterocycles. The number of benzene rings is 1. The molecule has 1 amide bonds. The van der Waals surface area contributed by atoms with Crippen LogP contribution in [0.3, 0.4) is 0 Å². The normalized spacial score (nSPS) is 20.9. The standard InChI is InChI=1S/C16H21NO3/c18-10-4-9-17(12-5-3-6-12)16(19)14-11-20-15-8-2-1-7-13(14)15/h1-2,7-8,12,14,18H,3-6,9-11H2. The van der Waals surface area contributed by atoms with Gasteiger partial charge in [0.1, 0.15) is 18.3 Å². The minimum absolute atomic E-state index is 0.133. The lowest BCUT2D eigenvalue weighted by Crippen LogP contribution is -2.47. The van der Waals surface area contributed by atoms with Gasteiger partial charge in [-0.05, 0) is 31.7 Å². The lowest BCUT2D eigenvalue weighted by Gasteiger charge is -2.38. The molecule has 1 aromatic carbocycles. The van der Waals surface area contributed by atoms with E-state index in [0.717, 1.165) is 24.2 Å². The summed E-state index contributed by atoms with van der Waals surface area (Å²) >= 11 is 0. The number of carbonyl (C=O) groups excluding carboxylic acids is 1. The van der Waals surface area contributed by atoms with Crippen LogP contribution in [0.1, 0.15) is 37.2 Å². The van der Waals surface area contributed by atoms with Gasteiger partial charge in [0.2, 0.25) is 5.91 Å². The summed E-state index contributed by atoms with van der Waals surface area (Å²) in [6.45, 7) is 1.23. The Balaban J connectivity index is 1.76. The topological polar surface area (TPSA) is 49.8 Å². The number of nitrogens with zero attached hydrogens (tertiary/aromatic N) is 1. The van der Waals surface area contributed by atoms with Gasteiger partial charge in [-0.25, -0.2) is 0 Å². The SMILES string of the molecule is O=C(C1COc2ccccc21)N(CCCO)C1CCC1. The number of aliphatic hydroxyl groups excluding tert-OH is 1. The predicted molar refractivity (Wildman–Crippen MR) is 75.7 cm³/mol. The van der Waals surface area contributed by atoms with Crippen molar-refractivity contribution in [1.29, 1.82) is 0 Å². The van der Waals surface area contributed by atoms with E-state index >= 15 is 0 Å². The van der Waals surface area contributed by atoms with Crippen molar-refractivity contribution in [3.05, 3.63) is 29.8 Å². The van der Waals surface area contributed by atoms with E-state index in [1.165, 1.54) is 6.42 Å². The average molecular weight is 275 g/mol. The highest BCUT2D eigenvalue weighted by atomic mass is 16.5. The van der Waals surface area contributed by atoms with Crippen molar-refractivity contribution in [2.75, 3.05) is 19.8 Å². The predicted octanol–water partition coefficient (Wildman–Crippen LogP) is 1.93. The summed E-state index contributed by atoms with van der Waals surface area (Å²) in [4.78, 5) is 14.8. The molecular formula is C16H21NO3. The second-order valence-corrected chi connectivity index (χ2v) is 5.59. The van der Waals surface area contributed by atoms with Crippen LogP contribution in [-0.4, -0.2) is 41.7 Å². The summed E-state index contributed by atoms with van der Waals surface area (Å²) in [5.41, 5.74) is 1.01. The Bertz CT molecular complexity index is 484. The van der Waals surface area contributed by atoms with Gasteiger partial charge in [-0.15, -0.1) is 0 Å². The minimum Gasteiger partial charge on any atom is -0.492 e. The van der Waals surface area contributed by atoms with Gasteiger partial charge in [-0.1, -0.05) is 18.2 Å². The van der Waals surface area contributed by atoms with Crippen molar-refractivity contribution in [1.82, 2.24) is 4.90 Å². The van der Waals surface area contributed by atoms with Gasteiger partial charge < -0.3 is 14.7 Å². The molecule has 108 valence electrons. The molecule has 4 heteroatoms. The molecule has 4 nitrogen and oxygen atoms in total. The van der Waals surface area contributed by atoms with Gasteiger partial charge in [0, 0.05) is 24.8 Å². The van der Waals surface area contributed by atoms with E-state index in [0.29, 0.717) is 25.6 Å². The smallest absolute Gasteiger partial charge is 0.233 e. The molecule has 2 aliphatic rings. The van der Waals surface area contributed by atoms with Crippen LogP contribution in [-0.2, 0) is 4.79 Å². The monoisotopic (exact) mass is 275 g/mol. The molecule has 0 aromatic heterocycles. The first kappa shape index (κ1) is 13.4. The van der Waals surface area contributed by atoms with Crippen LogP contribution in [0.15, 0.2) is 24.3 Å². The zero-order valence-electron chi connectivity index (χ0n) is 11.6. The second-order valence-electron chi connectivity index (χ2n) is 5.59. The average Bonchev–Trinajstić information content (AvgIpc) is 2.84. The van der Waals surface area contributed by atoms with E-state index in [9.17, 15) is 4.79 Å². The van der Waals surface area contributed by atoms with E-state index in [2.05, 4.69) is 0 Å². The van der Waals surface area contributed by atoms with Gasteiger partial charge in [0.25, 0.3) is 0 Å². The zero-order valence-corrected chi connectivity index (χ0v) is 11.6. The first-order chi connectivity index (χ1) is 9.81. The number of para-hydroxylation sites is 1. The van der Waals surface area contributed by atoms with Gasteiger partial charge in [-0.3, -0.25) is 4.79 Å². The Kier molecular flexibility index (Phi) is 3.92. The molecule has 1 fully saturated rings. The van der Waals surface area contributed by atoms with Crippen LogP contribution in [0.4, 0.5) is 0 Å². The van der Waals surface area contributed by atoms with E-state index < -0.39 is 0 Å². The lowest BCUT2D eigenvalue weighted by atomic mass is 9.89. The lowest BCUT2D eigenvalue weighted by molar-refractivity contribution is -0.137. The molecule has 1 aromatic rings. The highest BCUT2D eigenvalue weighted by Gasteiger charge is 2.37. The number of amides is 1. The first-order valence-electron chi connectivity index (χ1n) is 7.44. The quantitative estimate of drug-likeness (QED) is 0.893. The Morgan fingerprint density at radius 3 is 2.85 bits per heavy atom. The van der Waals surface area contributed by atoms with E-state index in [-0.39, 0.29) is 18.4 Å². The Morgan fingerprint density at radius 1 is 1.35 bits per heavy atom. The van der Waals surface area contributed by atoms with Crippen LogP contribution >= 0.6 is 0 Å². The van der Waals surface area contributed by atoms with E-state index in [1.807, 2.05) is 29.2 Å². The molecule has 20 heavy (non-hydrogen) atoms. The molecule has 1 saturated carbocycles. The molecule has 0 bridgehead atoms. The van der Waals surface area contributed by atoms with Crippen molar-refractivity contribution in [3.63, 3.8) is 0 Å². The van der Waals surface area contributed by atoms with Gasteiger partial charge in [0.15, 0.2) is 0 Å².